The van der Waals surface area contributed by atoms with Gasteiger partial charge in [-0.15, -0.1) is 12.4 Å². The molecule has 3 nitrogen and oxygen atoms in total. The molecule has 1 amide bonds. The van der Waals surface area contributed by atoms with Gasteiger partial charge in [-0.2, -0.15) is 0 Å². The Kier molecular flexibility index (Phi) is 4.20. The van der Waals surface area contributed by atoms with Gasteiger partial charge < -0.3 is 10.6 Å². The summed E-state index contributed by atoms with van der Waals surface area (Å²) in [5, 5.41) is 6.34. The second kappa shape index (κ2) is 4.99. The number of halogens is 1. The van der Waals surface area contributed by atoms with Crippen LogP contribution in [0.5, 0.6) is 0 Å². The molecule has 2 fully saturated rings. The van der Waals surface area contributed by atoms with Gasteiger partial charge in [-0.05, 0) is 44.2 Å². The van der Waals surface area contributed by atoms with Crippen LogP contribution in [0.15, 0.2) is 0 Å². The van der Waals surface area contributed by atoms with Crippen LogP contribution in [0.1, 0.15) is 32.1 Å². The molecule has 0 saturated carbocycles. The highest BCUT2D eigenvalue weighted by Gasteiger charge is 2.33. The van der Waals surface area contributed by atoms with Gasteiger partial charge in [0.25, 0.3) is 0 Å². The van der Waals surface area contributed by atoms with Gasteiger partial charge in [0.1, 0.15) is 0 Å². The second-order valence-electron chi connectivity index (χ2n) is 4.35. The lowest BCUT2D eigenvalue weighted by molar-refractivity contribution is -0.120. The normalized spacial score (nSPS) is 26.1. The molecular weight excluding hydrogens is 200 g/mol. The lowest BCUT2D eigenvalue weighted by Gasteiger charge is -2.36. The Balaban J connectivity index is 0.000000980. The van der Waals surface area contributed by atoms with E-state index in [0.717, 1.165) is 32.5 Å². The van der Waals surface area contributed by atoms with Crippen molar-refractivity contribution in [1.82, 2.24) is 10.6 Å². The quantitative estimate of drug-likeness (QED) is 0.639. The Labute approximate surface area is 91.4 Å². The fourth-order valence-electron chi connectivity index (χ4n) is 2.52. The summed E-state index contributed by atoms with van der Waals surface area (Å²) < 4.78 is 0. The van der Waals surface area contributed by atoms with Crippen molar-refractivity contribution in [2.75, 3.05) is 19.6 Å². The van der Waals surface area contributed by atoms with E-state index in [-0.39, 0.29) is 18.3 Å². The van der Waals surface area contributed by atoms with Crippen molar-refractivity contribution in [3.05, 3.63) is 0 Å². The predicted octanol–water partition coefficient (Wildman–Crippen LogP) is 1.08. The number of carbonyl (C=O) groups excluding carboxylic acids is 1. The highest BCUT2D eigenvalue weighted by atomic mass is 35.5. The number of hydrogen-bond acceptors (Lipinski definition) is 2. The van der Waals surface area contributed by atoms with Crippen molar-refractivity contribution >= 4 is 18.3 Å². The van der Waals surface area contributed by atoms with E-state index < -0.39 is 0 Å². The first-order valence-corrected chi connectivity index (χ1v) is 5.28. The van der Waals surface area contributed by atoms with Gasteiger partial charge in [-0.3, -0.25) is 4.79 Å². The van der Waals surface area contributed by atoms with Crippen LogP contribution in [0.2, 0.25) is 0 Å². The highest BCUT2D eigenvalue weighted by Crippen LogP contribution is 2.38. The summed E-state index contributed by atoms with van der Waals surface area (Å²) in [6.07, 6.45) is 5.52. The van der Waals surface area contributed by atoms with Crippen molar-refractivity contribution in [3.8, 4) is 0 Å². The molecule has 0 aromatic carbocycles. The van der Waals surface area contributed by atoms with E-state index in [1.54, 1.807) is 0 Å². The van der Waals surface area contributed by atoms with Gasteiger partial charge in [-0.1, -0.05) is 0 Å². The van der Waals surface area contributed by atoms with E-state index in [1.807, 2.05) is 0 Å². The van der Waals surface area contributed by atoms with Crippen LogP contribution in [0.4, 0.5) is 0 Å². The molecule has 14 heavy (non-hydrogen) atoms. The molecule has 0 aromatic heterocycles. The number of amides is 1. The first kappa shape index (κ1) is 11.8. The summed E-state index contributed by atoms with van der Waals surface area (Å²) in [5.74, 6) is 0.246. The molecule has 2 N–H and O–H groups in total. The van der Waals surface area contributed by atoms with Crippen molar-refractivity contribution in [1.29, 1.82) is 0 Å². The molecule has 0 radical (unpaired) electrons. The number of hydrogen-bond donors (Lipinski definition) is 2. The molecule has 2 heterocycles. The summed E-state index contributed by atoms with van der Waals surface area (Å²) in [6, 6.07) is 0. The molecule has 1 spiro atoms. The van der Waals surface area contributed by atoms with E-state index in [2.05, 4.69) is 10.6 Å². The zero-order chi connectivity index (χ0) is 9.15. The van der Waals surface area contributed by atoms with Crippen molar-refractivity contribution in [3.63, 3.8) is 0 Å². The fraction of sp³-hybridized carbons (Fsp3) is 0.900. The molecule has 0 bridgehead atoms. The Bertz CT molecular complexity index is 202. The zero-order valence-electron chi connectivity index (χ0n) is 8.47. The molecule has 0 atom stereocenters. The molecule has 4 heteroatoms. The average molecular weight is 219 g/mol. The van der Waals surface area contributed by atoms with Crippen molar-refractivity contribution in [2.45, 2.75) is 32.1 Å². The summed E-state index contributed by atoms with van der Waals surface area (Å²) in [6.45, 7) is 3.15. The van der Waals surface area contributed by atoms with Gasteiger partial charge in [0.05, 0.1) is 0 Å². The monoisotopic (exact) mass is 218 g/mol. The molecular formula is C10H19ClN2O. The Morgan fingerprint density at radius 2 is 1.64 bits per heavy atom. The summed E-state index contributed by atoms with van der Waals surface area (Å²) in [7, 11) is 0. The van der Waals surface area contributed by atoms with E-state index in [9.17, 15) is 4.79 Å². The minimum Gasteiger partial charge on any atom is -0.356 e. The number of carbonyl (C=O) groups is 1. The number of piperidine rings is 1. The molecule has 82 valence electrons. The van der Waals surface area contributed by atoms with Gasteiger partial charge in [-0.25, -0.2) is 0 Å². The fourth-order valence-corrected chi connectivity index (χ4v) is 2.52. The largest absolute Gasteiger partial charge is 0.356 e. The van der Waals surface area contributed by atoms with Crippen molar-refractivity contribution < 1.29 is 4.79 Å². The van der Waals surface area contributed by atoms with Gasteiger partial charge in [0, 0.05) is 13.0 Å². The van der Waals surface area contributed by atoms with Gasteiger partial charge >= 0.3 is 0 Å². The Hall–Kier alpha value is -0.280. The van der Waals surface area contributed by atoms with E-state index in [4.69, 9.17) is 0 Å². The maximum Gasteiger partial charge on any atom is 0.220 e. The van der Waals surface area contributed by atoms with Crippen LogP contribution in [0.3, 0.4) is 0 Å². The lowest BCUT2D eigenvalue weighted by atomic mass is 9.73. The second-order valence-corrected chi connectivity index (χ2v) is 4.35. The predicted molar refractivity (Wildman–Crippen MR) is 58.6 cm³/mol. The SMILES string of the molecule is Cl.O=C1CCC2(CCNCC2)CCN1. The maximum atomic E-state index is 11.2. The molecule has 2 aliphatic heterocycles. The third-order valence-electron chi connectivity index (χ3n) is 3.52. The highest BCUT2D eigenvalue weighted by molar-refractivity contribution is 5.85. The topological polar surface area (TPSA) is 41.1 Å². The number of nitrogens with one attached hydrogen (secondary N) is 2. The van der Waals surface area contributed by atoms with Crippen molar-refractivity contribution in [2.24, 2.45) is 5.41 Å². The lowest BCUT2D eigenvalue weighted by Crippen LogP contribution is -2.37. The van der Waals surface area contributed by atoms with Crippen LogP contribution in [-0.4, -0.2) is 25.5 Å². The summed E-state index contributed by atoms with van der Waals surface area (Å²) in [5.41, 5.74) is 0.477. The minimum atomic E-state index is 0. The van der Waals surface area contributed by atoms with Gasteiger partial charge in [0.15, 0.2) is 0 Å². The minimum absolute atomic E-state index is 0. The molecule has 2 aliphatic rings. The number of rotatable bonds is 0. The summed E-state index contributed by atoms with van der Waals surface area (Å²) >= 11 is 0. The standard InChI is InChI=1S/C10H18N2O.ClH/c13-9-1-2-10(5-8-12-9)3-6-11-7-4-10;/h11H,1-8H2,(H,12,13);1H. The smallest absolute Gasteiger partial charge is 0.220 e. The third kappa shape index (κ3) is 2.61. The molecule has 2 saturated heterocycles. The molecule has 0 unspecified atom stereocenters. The van der Waals surface area contributed by atoms with Crippen LogP contribution in [0.25, 0.3) is 0 Å². The molecule has 2 rings (SSSR count). The molecule has 0 aromatic rings. The maximum absolute atomic E-state index is 11.2. The first-order chi connectivity index (χ1) is 6.31. The average Bonchev–Trinajstić information content (AvgIpc) is 2.32. The first-order valence-electron chi connectivity index (χ1n) is 5.28. The van der Waals surface area contributed by atoms with E-state index in [1.165, 1.54) is 19.3 Å². The molecule has 0 aliphatic carbocycles. The van der Waals surface area contributed by atoms with Crippen LogP contribution in [-0.2, 0) is 4.79 Å². The van der Waals surface area contributed by atoms with Crippen LogP contribution < -0.4 is 10.6 Å². The zero-order valence-corrected chi connectivity index (χ0v) is 9.29. The van der Waals surface area contributed by atoms with Crippen LogP contribution in [0, 0.1) is 5.41 Å². The van der Waals surface area contributed by atoms with Gasteiger partial charge in [0.2, 0.25) is 5.91 Å². The Morgan fingerprint density at radius 3 is 2.36 bits per heavy atom. The third-order valence-corrected chi connectivity index (χ3v) is 3.52. The van der Waals surface area contributed by atoms with E-state index >= 15 is 0 Å². The van der Waals surface area contributed by atoms with E-state index in [0.29, 0.717) is 5.41 Å². The Morgan fingerprint density at radius 1 is 1.00 bits per heavy atom. The summed E-state index contributed by atoms with van der Waals surface area (Å²) in [4.78, 5) is 11.2. The van der Waals surface area contributed by atoms with Crippen LogP contribution >= 0.6 is 12.4 Å².